The summed E-state index contributed by atoms with van der Waals surface area (Å²) in [6.07, 6.45) is 4.60. The van der Waals surface area contributed by atoms with Gasteiger partial charge in [-0.3, -0.25) is 0 Å². The summed E-state index contributed by atoms with van der Waals surface area (Å²) in [4.78, 5) is 11.9. The predicted octanol–water partition coefficient (Wildman–Crippen LogP) is 3.48. The molecular formula is C26H37N3O5. The van der Waals surface area contributed by atoms with Gasteiger partial charge in [0.15, 0.2) is 0 Å². The highest BCUT2D eigenvalue weighted by molar-refractivity contribution is 5.89. The molecule has 1 atom stereocenters. The number of aliphatic hydroxyl groups is 1. The zero-order valence-electron chi connectivity index (χ0n) is 19.9. The molecule has 34 heavy (non-hydrogen) atoms. The topological polar surface area (TPSA) is 101 Å². The zero-order valence-corrected chi connectivity index (χ0v) is 19.9. The first-order valence-corrected chi connectivity index (χ1v) is 12.1. The van der Waals surface area contributed by atoms with E-state index in [1.807, 2.05) is 55.5 Å². The number of hydrogen-bond donors (Lipinski definition) is 4. The van der Waals surface area contributed by atoms with Crippen molar-refractivity contribution in [2.24, 2.45) is 0 Å². The van der Waals surface area contributed by atoms with Gasteiger partial charge in [-0.1, -0.05) is 31.0 Å². The summed E-state index contributed by atoms with van der Waals surface area (Å²) in [6.45, 7) is 4.59. The lowest BCUT2D eigenvalue weighted by atomic mass is 10.2. The number of anilines is 1. The largest absolute Gasteiger partial charge is 0.491 e. The van der Waals surface area contributed by atoms with Crippen molar-refractivity contribution in [3.8, 4) is 11.5 Å². The number of hydrogen-bond acceptors (Lipinski definition) is 6. The molecule has 1 aliphatic rings. The lowest BCUT2D eigenvalue weighted by Gasteiger charge is -2.14. The second-order valence-corrected chi connectivity index (χ2v) is 8.46. The smallest absolute Gasteiger partial charge is 0.319 e. The van der Waals surface area contributed by atoms with E-state index in [9.17, 15) is 9.90 Å². The number of benzene rings is 2. The maximum Gasteiger partial charge on any atom is 0.319 e. The lowest BCUT2D eigenvalue weighted by molar-refractivity contribution is 0.0382. The highest BCUT2D eigenvalue weighted by Crippen LogP contribution is 2.21. The van der Waals surface area contributed by atoms with Gasteiger partial charge < -0.3 is 35.3 Å². The summed E-state index contributed by atoms with van der Waals surface area (Å²) in [6, 6.07) is 14.7. The highest BCUT2D eigenvalue weighted by Gasteiger charge is 2.14. The second-order valence-electron chi connectivity index (χ2n) is 8.46. The number of rotatable bonds is 14. The predicted molar refractivity (Wildman–Crippen MR) is 133 cm³/mol. The number of para-hydroxylation sites is 1. The Morgan fingerprint density at radius 3 is 2.44 bits per heavy atom. The van der Waals surface area contributed by atoms with Crippen LogP contribution < -0.4 is 25.4 Å². The minimum atomic E-state index is -0.663. The van der Waals surface area contributed by atoms with Crippen LogP contribution in [0, 0.1) is 6.92 Å². The summed E-state index contributed by atoms with van der Waals surface area (Å²) in [5.41, 5.74) is 1.79. The van der Waals surface area contributed by atoms with E-state index in [1.54, 1.807) is 0 Å². The van der Waals surface area contributed by atoms with E-state index in [2.05, 4.69) is 16.0 Å². The van der Waals surface area contributed by atoms with Crippen molar-refractivity contribution in [3.05, 3.63) is 54.1 Å². The molecule has 3 rings (SSSR count). The van der Waals surface area contributed by atoms with Gasteiger partial charge in [0.2, 0.25) is 0 Å². The van der Waals surface area contributed by atoms with Crippen molar-refractivity contribution in [1.29, 1.82) is 0 Å². The van der Waals surface area contributed by atoms with E-state index in [4.69, 9.17) is 14.2 Å². The normalized spacial score (nSPS) is 14.5. The molecule has 0 saturated heterocycles. The number of carbonyl (C=O) groups is 1. The van der Waals surface area contributed by atoms with E-state index in [0.717, 1.165) is 29.8 Å². The number of ether oxygens (including phenoxy) is 3. The number of nitrogens with one attached hydrogen (secondary N) is 3. The van der Waals surface area contributed by atoms with Crippen molar-refractivity contribution in [2.75, 3.05) is 44.8 Å². The second kappa shape index (κ2) is 14.5. The molecule has 0 aliphatic heterocycles. The molecule has 0 radical (unpaired) electrons. The van der Waals surface area contributed by atoms with Gasteiger partial charge in [0, 0.05) is 25.3 Å². The van der Waals surface area contributed by atoms with Crippen LogP contribution in [0.15, 0.2) is 48.5 Å². The Bertz CT molecular complexity index is 856. The van der Waals surface area contributed by atoms with Crippen LogP contribution in [0.25, 0.3) is 0 Å². The molecule has 1 aliphatic carbocycles. The van der Waals surface area contributed by atoms with Crippen LogP contribution in [-0.2, 0) is 4.74 Å². The van der Waals surface area contributed by atoms with Crippen molar-refractivity contribution in [2.45, 2.75) is 44.8 Å². The molecule has 0 bridgehead atoms. The van der Waals surface area contributed by atoms with Crippen molar-refractivity contribution >= 4 is 11.7 Å². The first kappa shape index (κ1) is 25.8. The molecule has 2 amide bonds. The van der Waals surface area contributed by atoms with E-state index < -0.39 is 6.10 Å². The van der Waals surface area contributed by atoms with Crippen LogP contribution in [0.4, 0.5) is 10.5 Å². The number of aliphatic hydroxyl groups excluding tert-OH is 1. The molecule has 0 heterocycles. The van der Waals surface area contributed by atoms with E-state index in [0.29, 0.717) is 44.7 Å². The number of urea groups is 1. The monoisotopic (exact) mass is 471 g/mol. The molecule has 1 unspecified atom stereocenters. The van der Waals surface area contributed by atoms with E-state index >= 15 is 0 Å². The number of aryl methyl sites for hydroxylation is 1. The van der Waals surface area contributed by atoms with Gasteiger partial charge in [0.25, 0.3) is 0 Å². The Morgan fingerprint density at radius 2 is 1.71 bits per heavy atom. The van der Waals surface area contributed by atoms with E-state index in [-0.39, 0.29) is 12.6 Å². The van der Waals surface area contributed by atoms with Crippen LogP contribution in [0.2, 0.25) is 0 Å². The average molecular weight is 472 g/mol. The molecule has 186 valence electrons. The average Bonchev–Trinajstić information content (AvgIpc) is 3.36. The van der Waals surface area contributed by atoms with Gasteiger partial charge in [0.1, 0.15) is 30.8 Å². The summed E-state index contributed by atoms with van der Waals surface area (Å²) < 4.78 is 17.1. The molecular weight excluding hydrogens is 434 g/mol. The van der Waals surface area contributed by atoms with Gasteiger partial charge in [0.05, 0.1) is 12.7 Å². The van der Waals surface area contributed by atoms with Crippen molar-refractivity contribution < 1.29 is 24.1 Å². The third-order valence-corrected chi connectivity index (χ3v) is 5.63. The molecule has 1 fully saturated rings. The highest BCUT2D eigenvalue weighted by atomic mass is 16.5. The fourth-order valence-electron chi connectivity index (χ4n) is 3.73. The third kappa shape index (κ3) is 9.59. The summed E-state index contributed by atoms with van der Waals surface area (Å²) >= 11 is 0. The Hall–Kier alpha value is -2.81. The minimum absolute atomic E-state index is 0.170. The van der Waals surface area contributed by atoms with Gasteiger partial charge in [-0.05, 0) is 55.7 Å². The third-order valence-electron chi connectivity index (χ3n) is 5.63. The Morgan fingerprint density at radius 1 is 1.00 bits per heavy atom. The molecule has 4 N–H and O–H groups in total. The first-order valence-electron chi connectivity index (χ1n) is 12.1. The molecule has 2 aromatic rings. The number of amides is 2. The van der Waals surface area contributed by atoms with Crippen LogP contribution in [0.3, 0.4) is 0 Å². The van der Waals surface area contributed by atoms with Crippen LogP contribution >= 0.6 is 0 Å². The first-order chi connectivity index (χ1) is 16.6. The molecule has 8 nitrogen and oxygen atoms in total. The molecule has 0 aromatic heterocycles. The Balaban J connectivity index is 1.20. The van der Waals surface area contributed by atoms with Crippen LogP contribution in [-0.4, -0.2) is 62.8 Å². The summed E-state index contributed by atoms with van der Waals surface area (Å²) in [5.74, 6) is 1.44. The maximum atomic E-state index is 11.9. The molecule has 2 aromatic carbocycles. The Kier molecular flexibility index (Phi) is 11.0. The summed E-state index contributed by atoms with van der Waals surface area (Å²) in [7, 11) is 0. The Labute approximate surface area is 202 Å². The standard InChI is InChI=1S/C26H37N3O5/c1-20-6-2-5-9-25(20)29-26(31)28-15-14-27-18-21(30)19-34-24-12-10-23(11-13-24)33-17-16-32-22-7-3-4-8-22/h2,5-6,9-13,21-22,27,30H,3-4,7-8,14-19H2,1H3,(H2,28,29,31). The fourth-order valence-corrected chi connectivity index (χ4v) is 3.73. The van der Waals surface area contributed by atoms with Gasteiger partial charge in [-0.25, -0.2) is 4.79 Å². The van der Waals surface area contributed by atoms with Gasteiger partial charge in [-0.2, -0.15) is 0 Å². The quantitative estimate of drug-likeness (QED) is 0.315. The van der Waals surface area contributed by atoms with Gasteiger partial charge in [-0.15, -0.1) is 0 Å². The zero-order chi connectivity index (χ0) is 24.0. The van der Waals surface area contributed by atoms with Crippen molar-refractivity contribution in [1.82, 2.24) is 10.6 Å². The molecule has 1 saturated carbocycles. The maximum absolute atomic E-state index is 11.9. The van der Waals surface area contributed by atoms with E-state index in [1.165, 1.54) is 12.8 Å². The van der Waals surface area contributed by atoms with Crippen LogP contribution in [0.5, 0.6) is 11.5 Å². The number of carbonyl (C=O) groups excluding carboxylic acids is 1. The fraction of sp³-hybridized carbons (Fsp3) is 0.500. The van der Waals surface area contributed by atoms with Crippen molar-refractivity contribution in [3.63, 3.8) is 0 Å². The molecule has 8 heteroatoms. The SMILES string of the molecule is Cc1ccccc1NC(=O)NCCNCC(O)COc1ccc(OCCOC2CCCC2)cc1. The molecule has 0 spiro atoms. The lowest BCUT2D eigenvalue weighted by Crippen LogP contribution is -2.38. The van der Waals surface area contributed by atoms with Gasteiger partial charge >= 0.3 is 6.03 Å². The van der Waals surface area contributed by atoms with Crippen LogP contribution in [0.1, 0.15) is 31.2 Å². The minimum Gasteiger partial charge on any atom is -0.491 e. The summed E-state index contributed by atoms with van der Waals surface area (Å²) in [5, 5.41) is 18.8.